The zero-order chi connectivity index (χ0) is 28.5. The summed E-state index contributed by atoms with van der Waals surface area (Å²) in [5.41, 5.74) is 11.4. The predicted molar refractivity (Wildman–Crippen MR) is 177 cm³/mol. The minimum atomic E-state index is 0.740. The summed E-state index contributed by atoms with van der Waals surface area (Å²) in [6.45, 7) is 15.2. The average molecular weight is 519 g/mol. The number of allylic oxidation sites excluding steroid dienone is 14. The van der Waals surface area contributed by atoms with E-state index < -0.39 is 0 Å². The van der Waals surface area contributed by atoms with Crippen LogP contribution in [0.3, 0.4) is 0 Å². The van der Waals surface area contributed by atoms with Crippen LogP contribution in [-0.4, -0.2) is 0 Å². The topological polar surface area (TPSA) is 0 Å². The molecule has 3 aliphatic rings. The Kier molecular flexibility index (Phi) is 14.7. The molecule has 39 heavy (non-hydrogen) atoms. The molecule has 0 radical (unpaired) electrons. The monoisotopic (exact) mass is 518 g/mol. The second kappa shape index (κ2) is 18.0. The molecule has 0 heteroatoms. The van der Waals surface area contributed by atoms with Crippen molar-refractivity contribution < 1.29 is 0 Å². The van der Waals surface area contributed by atoms with Crippen molar-refractivity contribution in [1.29, 1.82) is 0 Å². The molecule has 0 spiro atoms. The van der Waals surface area contributed by atoms with E-state index in [1.807, 2.05) is 0 Å². The van der Waals surface area contributed by atoms with Crippen LogP contribution < -0.4 is 0 Å². The van der Waals surface area contributed by atoms with Crippen LogP contribution in [0.2, 0.25) is 0 Å². The molecule has 0 amide bonds. The Hall–Kier alpha value is -3.38. The normalized spacial score (nSPS) is 15.2. The maximum absolute atomic E-state index is 2.28. The highest BCUT2D eigenvalue weighted by Gasteiger charge is 2.11. The molecule has 2 aromatic carbocycles. The SMILES string of the molecule is C1=C(c2ccccc2)CC(c2ccccc2)=C1.C1=CCCC=C1.CC(C)=C(C)C.CC1=CC=C(C(C)C)CC1. The van der Waals surface area contributed by atoms with Crippen LogP contribution in [0.1, 0.15) is 91.7 Å². The Balaban J connectivity index is 0.000000206. The zero-order valence-corrected chi connectivity index (χ0v) is 25.5. The molecule has 0 aromatic heterocycles. The zero-order valence-electron chi connectivity index (χ0n) is 25.5. The van der Waals surface area contributed by atoms with Crippen LogP contribution in [0.5, 0.6) is 0 Å². The Labute approximate surface area is 240 Å². The molecule has 0 saturated carbocycles. The fourth-order valence-electron chi connectivity index (χ4n) is 4.01. The van der Waals surface area contributed by atoms with E-state index in [1.165, 1.54) is 64.7 Å². The molecule has 0 nitrogen and oxygen atoms in total. The fourth-order valence-corrected chi connectivity index (χ4v) is 4.01. The number of rotatable bonds is 3. The first-order valence-corrected chi connectivity index (χ1v) is 14.6. The van der Waals surface area contributed by atoms with E-state index in [1.54, 1.807) is 5.57 Å². The maximum Gasteiger partial charge on any atom is -0.00139 e. The van der Waals surface area contributed by atoms with E-state index in [-0.39, 0.29) is 0 Å². The van der Waals surface area contributed by atoms with Crippen molar-refractivity contribution in [3.63, 3.8) is 0 Å². The molecule has 2 aromatic rings. The highest BCUT2D eigenvalue weighted by Crippen LogP contribution is 2.33. The molecule has 0 aliphatic heterocycles. The van der Waals surface area contributed by atoms with Gasteiger partial charge in [-0.3, -0.25) is 0 Å². The summed E-state index contributed by atoms with van der Waals surface area (Å²) >= 11 is 0. The molecule has 0 unspecified atom stereocenters. The molecule has 0 bridgehead atoms. The van der Waals surface area contributed by atoms with Crippen LogP contribution in [0.25, 0.3) is 11.1 Å². The molecule has 5 rings (SSSR count). The molecular weight excluding hydrogens is 468 g/mol. The standard InChI is InChI=1S/C17H14.C10H16.C6H8.C6H12/c1-3-7-14(8-4-1)16-11-12-17(13-16)15-9-5-2-6-10-15;1-8(2)10-6-4-9(3)5-7-10;1-2-4-6-5-3-1;1-5(2)6(3)4/h1-12H,13H2;4,6,8H,5,7H2,1-3H3;1-4H,5-6H2;1-4H3. The number of hydrogen-bond acceptors (Lipinski definition) is 0. The van der Waals surface area contributed by atoms with E-state index in [9.17, 15) is 0 Å². The molecule has 206 valence electrons. The maximum atomic E-state index is 2.28. The van der Waals surface area contributed by atoms with Gasteiger partial charge >= 0.3 is 0 Å². The third-order valence-electron chi connectivity index (χ3n) is 7.17. The molecule has 0 heterocycles. The van der Waals surface area contributed by atoms with Gasteiger partial charge in [-0.1, -0.05) is 145 Å². The average Bonchev–Trinajstić information content (AvgIpc) is 3.47. The van der Waals surface area contributed by atoms with E-state index in [0.717, 1.165) is 12.3 Å². The lowest BCUT2D eigenvalue weighted by atomic mass is 9.92. The van der Waals surface area contributed by atoms with E-state index in [0.29, 0.717) is 0 Å². The van der Waals surface area contributed by atoms with Crippen molar-refractivity contribution in [2.24, 2.45) is 5.92 Å². The van der Waals surface area contributed by atoms with Gasteiger partial charge in [0.15, 0.2) is 0 Å². The fraction of sp³-hybridized carbons (Fsp3) is 0.333. The van der Waals surface area contributed by atoms with Gasteiger partial charge in [0.1, 0.15) is 0 Å². The van der Waals surface area contributed by atoms with E-state index in [4.69, 9.17) is 0 Å². The van der Waals surface area contributed by atoms with Crippen molar-refractivity contribution in [1.82, 2.24) is 0 Å². The van der Waals surface area contributed by atoms with Crippen molar-refractivity contribution in [2.45, 2.75) is 80.6 Å². The van der Waals surface area contributed by atoms with Gasteiger partial charge in [-0.15, -0.1) is 0 Å². The quantitative estimate of drug-likeness (QED) is 0.354. The van der Waals surface area contributed by atoms with Gasteiger partial charge < -0.3 is 0 Å². The van der Waals surface area contributed by atoms with Gasteiger partial charge in [-0.2, -0.15) is 0 Å². The van der Waals surface area contributed by atoms with Crippen LogP contribution in [0.4, 0.5) is 0 Å². The molecule has 0 saturated heterocycles. The first-order valence-electron chi connectivity index (χ1n) is 14.6. The minimum absolute atomic E-state index is 0.740. The Morgan fingerprint density at radius 1 is 0.590 bits per heavy atom. The lowest BCUT2D eigenvalue weighted by molar-refractivity contribution is 0.700. The summed E-state index contributed by atoms with van der Waals surface area (Å²) in [6.07, 6.45) is 23.6. The third kappa shape index (κ3) is 12.8. The molecule has 0 atom stereocenters. The van der Waals surface area contributed by atoms with E-state index in [2.05, 4.69) is 158 Å². The minimum Gasteiger partial charge on any atom is -0.0842 e. The molecular formula is C39H50. The smallest absolute Gasteiger partial charge is 0.00139 e. The van der Waals surface area contributed by atoms with Crippen LogP contribution >= 0.6 is 0 Å². The van der Waals surface area contributed by atoms with Crippen LogP contribution in [-0.2, 0) is 0 Å². The van der Waals surface area contributed by atoms with Gasteiger partial charge in [-0.25, -0.2) is 0 Å². The van der Waals surface area contributed by atoms with Crippen molar-refractivity contribution in [2.75, 3.05) is 0 Å². The number of hydrogen-bond donors (Lipinski definition) is 0. The van der Waals surface area contributed by atoms with Crippen molar-refractivity contribution >= 4 is 11.1 Å². The molecule has 0 N–H and O–H groups in total. The number of benzene rings is 2. The Morgan fingerprint density at radius 3 is 1.36 bits per heavy atom. The second-order valence-electron chi connectivity index (χ2n) is 11.1. The van der Waals surface area contributed by atoms with Crippen molar-refractivity contribution in [3.05, 3.63) is 143 Å². The summed E-state index contributed by atoms with van der Waals surface area (Å²) in [4.78, 5) is 0. The summed E-state index contributed by atoms with van der Waals surface area (Å²) < 4.78 is 0. The summed E-state index contributed by atoms with van der Waals surface area (Å²) in [7, 11) is 0. The van der Waals surface area contributed by atoms with Crippen LogP contribution in [0, 0.1) is 5.92 Å². The van der Waals surface area contributed by atoms with Gasteiger partial charge in [0.25, 0.3) is 0 Å². The van der Waals surface area contributed by atoms with Crippen LogP contribution in [0.15, 0.2) is 132 Å². The predicted octanol–water partition coefficient (Wildman–Crippen LogP) is 12.1. The summed E-state index contributed by atoms with van der Waals surface area (Å²) in [5.74, 6) is 0.740. The van der Waals surface area contributed by atoms with E-state index >= 15 is 0 Å². The molecule has 0 fully saturated rings. The van der Waals surface area contributed by atoms with Gasteiger partial charge in [-0.05, 0) is 94.9 Å². The third-order valence-corrected chi connectivity index (χ3v) is 7.17. The van der Waals surface area contributed by atoms with Crippen molar-refractivity contribution in [3.8, 4) is 0 Å². The first-order chi connectivity index (χ1) is 18.8. The lowest BCUT2D eigenvalue weighted by Gasteiger charge is -2.14. The Morgan fingerprint density at radius 2 is 1.05 bits per heavy atom. The lowest BCUT2D eigenvalue weighted by Crippen LogP contribution is -1.97. The summed E-state index contributed by atoms with van der Waals surface area (Å²) in [5, 5.41) is 0. The summed E-state index contributed by atoms with van der Waals surface area (Å²) in [6, 6.07) is 21.2. The highest BCUT2D eigenvalue weighted by molar-refractivity contribution is 5.86. The molecule has 3 aliphatic carbocycles. The first kappa shape index (κ1) is 31.8. The largest absolute Gasteiger partial charge is 0.0842 e. The van der Waals surface area contributed by atoms with Gasteiger partial charge in [0.05, 0.1) is 0 Å². The van der Waals surface area contributed by atoms with Gasteiger partial charge in [0.2, 0.25) is 0 Å². The Bertz CT molecular complexity index is 1120. The second-order valence-corrected chi connectivity index (χ2v) is 11.1. The highest BCUT2D eigenvalue weighted by atomic mass is 14.2. The van der Waals surface area contributed by atoms with Gasteiger partial charge in [0, 0.05) is 0 Å².